The summed E-state index contributed by atoms with van der Waals surface area (Å²) in [5.74, 6) is -1.54. The summed E-state index contributed by atoms with van der Waals surface area (Å²) in [7, 11) is -4.07. The van der Waals surface area contributed by atoms with Crippen LogP contribution in [0.3, 0.4) is 0 Å². The lowest BCUT2D eigenvalue weighted by Gasteiger charge is -2.32. The molecule has 8 nitrogen and oxygen atoms in total. The van der Waals surface area contributed by atoms with Crippen LogP contribution in [-0.4, -0.2) is 55.7 Å². The van der Waals surface area contributed by atoms with Gasteiger partial charge in [0.05, 0.1) is 25.7 Å². The molecule has 0 spiro atoms. The number of morpholine rings is 1. The Morgan fingerprint density at radius 1 is 1.15 bits per heavy atom. The first-order valence-electron chi connectivity index (χ1n) is 10.5. The lowest BCUT2D eigenvalue weighted by molar-refractivity contribution is -0.129. The Labute approximate surface area is 191 Å². The molecule has 0 radical (unpaired) electrons. The number of halogens is 1. The highest BCUT2D eigenvalue weighted by Gasteiger charge is 2.31. The van der Waals surface area contributed by atoms with Crippen molar-refractivity contribution in [3.8, 4) is 0 Å². The number of carbonyl (C=O) groups is 2. The first kappa shape index (κ1) is 23.1. The fourth-order valence-corrected chi connectivity index (χ4v) is 5.50. The highest BCUT2D eigenvalue weighted by Crippen LogP contribution is 2.33. The number of amides is 2. The minimum absolute atomic E-state index is 0.0517. The molecule has 1 saturated heterocycles. The maximum atomic E-state index is 14.4. The number of nitrogens with zero attached hydrogens (tertiary/aromatic N) is 2. The van der Waals surface area contributed by atoms with Crippen LogP contribution < -0.4 is 5.32 Å². The molecule has 2 aliphatic heterocycles. The van der Waals surface area contributed by atoms with Crippen LogP contribution in [0.1, 0.15) is 30.5 Å². The summed E-state index contributed by atoms with van der Waals surface area (Å²) in [6.45, 7) is 2.16. The number of hydrogen-bond acceptors (Lipinski definition) is 5. The Hall–Kier alpha value is -3.08. The maximum Gasteiger partial charge on any atom is 0.246 e. The number of hydrogen-bond donors (Lipinski definition) is 1. The van der Waals surface area contributed by atoms with Crippen LogP contribution in [-0.2, 0) is 24.3 Å². The molecule has 0 saturated carbocycles. The number of benzene rings is 2. The standard InChI is InChI=1S/C23H24FN3O5S/c1-16(28)27-9-8-17-4-2-3-5-19(17)21(27)15-23(29)25-18-6-7-20(24)22(14-18)33(30,31)26-10-12-32-13-11-26/h2-9,14,21H,10-13,15H2,1H3,(H,25,29)/t21-/m0/s1. The van der Waals surface area contributed by atoms with Crippen molar-refractivity contribution in [2.24, 2.45) is 0 Å². The molecule has 33 heavy (non-hydrogen) atoms. The van der Waals surface area contributed by atoms with E-state index in [0.29, 0.717) is 0 Å². The van der Waals surface area contributed by atoms with E-state index in [1.807, 2.05) is 30.3 Å². The lowest BCUT2D eigenvalue weighted by atomic mass is 9.93. The second kappa shape index (κ2) is 9.42. The molecule has 0 unspecified atom stereocenters. The third-order valence-corrected chi connectivity index (χ3v) is 7.56. The average molecular weight is 474 g/mol. The van der Waals surface area contributed by atoms with Gasteiger partial charge in [-0.3, -0.25) is 9.59 Å². The Morgan fingerprint density at radius 2 is 1.88 bits per heavy atom. The quantitative estimate of drug-likeness (QED) is 0.721. The third kappa shape index (κ3) is 4.82. The fourth-order valence-electron chi connectivity index (χ4n) is 4.01. The van der Waals surface area contributed by atoms with E-state index in [0.717, 1.165) is 27.6 Å². The van der Waals surface area contributed by atoms with Gasteiger partial charge in [0.15, 0.2) is 0 Å². The Kier molecular flexibility index (Phi) is 6.59. The molecule has 4 rings (SSSR count). The number of sulfonamides is 1. The molecule has 10 heteroatoms. The number of anilines is 1. The molecule has 2 aliphatic rings. The van der Waals surface area contributed by atoms with Gasteiger partial charge in [0.25, 0.3) is 0 Å². The summed E-state index contributed by atoms with van der Waals surface area (Å²) >= 11 is 0. The fraction of sp³-hybridized carbons (Fsp3) is 0.304. The second-order valence-electron chi connectivity index (χ2n) is 7.80. The summed E-state index contributed by atoms with van der Waals surface area (Å²) in [6, 6.07) is 10.4. The summed E-state index contributed by atoms with van der Waals surface area (Å²) in [6.07, 6.45) is 3.41. The predicted octanol–water partition coefficient (Wildman–Crippen LogP) is 2.75. The number of rotatable bonds is 5. The molecule has 2 aromatic rings. The molecule has 1 N–H and O–H groups in total. The van der Waals surface area contributed by atoms with Gasteiger partial charge < -0.3 is 15.0 Å². The van der Waals surface area contributed by atoms with Crippen molar-refractivity contribution in [1.29, 1.82) is 0 Å². The Bertz CT molecular complexity index is 1210. The first-order chi connectivity index (χ1) is 15.8. The van der Waals surface area contributed by atoms with Gasteiger partial charge in [0.2, 0.25) is 21.8 Å². The predicted molar refractivity (Wildman–Crippen MR) is 120 cm³/mol. The van der Waals surface area contributed by atoms with Gasteiger partial charge >= 0.3 is 0 Å². The number of carbonyl (C=O) groups excluding carboxylic acids is 2. The van der Waals surface area contributed by atoms with E-state index in [1.54, 1.807) is 6.20 Å². The summed E-state index contributed by atoms with van der Waals surface area (Å²) in [5.41, 5.74) is 1.90. The van der Waals surface area contributed by atoms with Crippen molar-refractivity contribution in [1.82, 2.24) is 9.21 Å². The molecule has 1 atom stereocenters. The highest BCUT2D eigenvalue weighted by atomic mass is 32.2. The molecule has 0 aromatic heterocycles. The van der Waals surface area contributed by atoms with Crippen molar-refractivity contribution in [3.05, 3.63) is 65.6 Å². The molecule has 2 aromatic carbocycles. The number of nitrogens with one attached hydrogen (secondary N) is 1. The van der Waals surface area contributed by atoms with Gasteiger partial charge in [-0.25, -0.2) is 12.8 Å². The normalized spacial score (nSPS) is 18.6. The largest absolute Gasteiger partial charge is 0.379 e. The summed E-state index contributed by atoms with van der Waals surface area (Å²) < 4.78 is 46.5. The van der Waals surface area contributed by atoms with E-state index in [9.17, 15) is 22.4 Å². The Morgan fingerprint density at radius 3 is 2.61 bits per heavy atom. The van der Waals surface area contributed by atoms with Crippen LogP contribution in [0.4, 0.5) is 10.1 Å². The van der Waals surface area contributed by atoms with Crippen LogP contribution in [0.15, 0.2) is 53.6 Å². The second-order valence-corrected chi connectivity index (χ2v) is 9.71. The van der Waals surface area contributed by atoms with Crippen molar-refractivity contribution in [3.63, 3.8) is 0 Å². The summed E-state index contributed by atoms with van der Waals surface area (Å²) in [4.78, 5) is 26.0. The summed E-state index contributed by atoms with van der Waals surface area (Å²) in [5, 5.41) is 2.65. The van der Waals surface area contributed by atoms with Gasteiger partial charge in [-0.15, -0.1) is 0 Å². The number of fused-ring (bicyclic) bond motifs is 1. The lowest BCUT2D eigenvalue weighted by Crippen LogP contribution is -2.40. The molecular formula is C23H24FN3O5S. The molecule has 2 heterocycles. The van der Waals surface area contributed by atoms with Gasteiger partial charge in [-0.1, -0.05) is 24.3 Å². The first-order valence-corrected chi connectivity index (χ1v) is 11.9. The van der Waals surface area contributed by atoms with Crippen LogP contribution in [0, 0.1) is 5.82 Å². The zero-order chi connectivity index (χ0) is 23.6. The van der Waals surface area contributed by atoms with Gasteiger partial charge in [-0.2, -0.15) is 4.31 Å². The molecule has 0 aliphatic carbocycles. The smallest absolute Gasteiger partial charge is 0.246 e. The molecule has 174 valence electrons. The minimum atomic E-state index is -4.07. The van der Waals surface area contributed by atoms with Crippen molar-refractivity contribution >= 4 is 33.6 Å². The SMILES string of the molecule is CC(=O)N1C=Cc2ccccc2[C@@H]1CC(=O)Nc1ccc(F)c(S(=O)(=O)N2CCOCC2)c1. The van der Waals surface area contributed by atoms with Crippen molar-refractivity contribution in [2.45, 2.75) is 24.3 Å². The molecule has 0 bridgehead atoms. The van der Waals surface area contributed by atoms with Crippen molar-refractivity contribution in [2.75, 3.05) is 31.6 Å². The van der Waals surface area contributed by atoms with Crippen LogP contribution in [0.5, 0.6) is 0 Å². The topological polar surface area (TPSA) is 96.0 Å². The average Bonchev–Trinajstić information content (AvgIpc) is 2.80. The van der Waals surface area contributed by atoms with Crippen LogP contribution in [0.25, 0.3) is 6.08 Å². The molecule has 1 fully saturated rings. The maximum absolute atomic E-state index is 14.4. The third-order valence-electron chi connectivity index (χ3n) is 5.65. The minimum Gasteiger partial charge on any atom is -0.379 e. The van der Waals surface area contributed by atoms with Crippen LogP contribution >= 0.6 is 0 Å². The van der Waals surface area contributed by atoms with E-state index in [2.05, 4.69) is 5.32 Å². The van der Waals surface area contributed by atoms with Crippen molar-refractivity contribution < 1.29 is 27.1 Å². The van der Waals surface area contributed by atoms with E-state index >= 15 is 0 Å². The van der Waals surface area contributed by atoms with Gasteiger partial charge in [0, 0.05) is 31.9 Å². The van der Waals surface area contributed by atoms with Crippen LogP contribution in [0.2, 0.25) is 0 Å². The van der Waals surface area contributed by atoms with E-state index in [4.69, 9.17) is 4.74 Å². The van der Waals surface area contributed by atoms with E-state index in [-0.39, 0.29) is 44.3 Å². The molecular weight excluding hydrogens is 449 g/mol. The molecule has 2 amide bonds. The number of ether oxygens (including phenoxy) is 1. The highest BCUT2D eigenvalue weighted by molar-refractivity contribution is 7.89. The van der Waals surface area contributed by atoms with Gasteiger partial charge in [-0.05, 0) is 35.4 Å². The monoisotopic (exact) mass is 473 g/mol. The van der Waals surface area contributed by atoms with E-state index < -0.39 is 32.7 Å². The van der Waals surface area contributed by atoms with E-state index in [1.165, 1.54) is 17.9 Å². The Balaban J connectivity index is 1.55. The van der Waals surface area contributed by atoms with Gasteiger partial charge in [0.1, 0.15) is 10.7 Å². The zero-order valence-electron chi connectivity index (χ0n) is 18.0. The zero-order valence-corrected chi connectivity index (χ0v) is 18.8.